The van der Waals surface area contributed by atoms with Gasteiger partial charge in [0.15, 0.2) is 0 Å². The topological polar surface area (TPSA) is 64.8 Å². The molecule has 4 aromatic rings. The van der Waals surface area contributed by atoms with Gasteiger partial charge < -0.3 is 20.1 Å². The molecular weight excluding hydrogens is 472 g/mol. The van der Waals surface area contributed by atoms with Crippen LogP contribution < -0.4 is 15.2 Å². The van der Waals surface area contributed by atoms with Crippen LogP contribution in [0.1, 0.15) is 40.4 Å². The molecule has 194 valence electrons. The minimum atomic E-state index is -0.441. The van der Waals surface area contributed by atoms with Crippen molar-refractivity contribution in [3.8, 4) is 11.5 Å². The molecule has 0 aliphatic rings. The first-order valence-corrected chi connectivity index (χ1v) is 12.8. The number of anilines is 1. The summed E-state index contributed by atoms with van der Waals surface area (Å²) in [6.45, 7) is 3.66. The van der Waals surface area contributed by atoms with Crippen LogP contribution in [-0.4, -0.2) is 38.1 Å². The maximum Gasteiger partial charge on any atom is 0.343 e. The number of esters is 1. The molecule has 5 heteroatoms. The van der Waals surface area contributed by atoms with Crippen LogP contribution in [0.5, 0.6) is 11.5 Å². The molecule has 0 fully saturated rings. The third kappa shape index (κ3) is 6.90. The number of ether oxygens (including phenoxy) is 2. The molecule has 0 aliphatic carbocycles. The number of likely N-dealkylation sites (N-methyl/N-ethyl adjacent to an activating group) is 1. The molecule has 0 radical (unpaired) electrons. The van der Waals surface area contributed by atoms with Crippen molar-refractivity contribution in [3.63, 3.8) is 0 Å². The second kappa shape index (κ2) is 12.7. The van der Waals surface area contributed by atoms with Gasteiger partial charge in [0.05, 0.1) is 5.56 Å². The van der Waals surface area contributed by atoms with E-state index in [0.717, 1.165) is 35.4 Å². The second-order valence-electron chi connectivity index (χ2n) is 9.29. The zero-order valence-electron chi connectivity index (χ0n) is 22.2. The molecule has 4 rings (SSSR count). The van der Waals surface area contributed by atoms with Crippen LogP contribution in [0.3, 0.4) is 0 Å². The van der Waals surface area contributed by atoms with Crippen LogP contribution in [0, 0.1) is 0 Å². The Morgan fingerprint density at radius 3 is 1.92 bits per heavy atom. The number of nitrogens with two attached hydrogens (primary N) is 1. The highest BCUT2D eigenvalue weighted by atomic mass is 16.5. The maximum atomic E-state index is 12.6. The quantitative estimate of drug-likeness (QED) is 0.111. The predicted molar refractivity (Wildman–Crippen MR) is 155 cm³/mol. The fourth-order valence-electron chi connectivity index (χ4n) is 4.26. The van der Waals surface area contributed by atoms with Gasteiger partial charge >= 0.3 is 5.97 Å². The van der Waals surface area contributed by atoms with E-state index in [0.29, 0.717) is 23.6 Å². The number of hydrogen-bond acceptors (Lipinski definition) is 5. The molecule has 5 nitrogen and oxygen atoms in total. The Balaban J connectivity index is 1.65. The van der Waals surface area contributed by atoms with Crippen molar-refractivity contribution < 1.29 is 14.3 Å². The molecule has 4 aromatic carbocycles. The Bertz CT molecular complexity index is 1380. The number of carbonyl (C=O) groups is 1. The zero-order valence-corrected chi connectivity index (χ0v) is 22.2. The van der Waals surface area contributed by atoms with E-state index < -0.39 is 5.97 Å². The van der Waals surface area contributed by atoms with Gasteiger partial charge in [-0.05, 0) is 90.8 Å². The van der Waals surface area contributed by atoms with Crippen molar-refractivity contribution in [1.82, 2.24) is 4.90 Å². The van der Waals surface area contributed by atoms with E-state index in [9.17, 15) is 4.79 Å². The summed E-state index contributed by atoms with van der Waals surface area (Å²) in [4.78, 5) is 14.7. The molecule has 0 aromatic heterocycles. The van der Waals surface area contributed by atoms with Crippen molar-refractivity contribution in [2.45, 2.75) is 13.3 Å². The van der Waals surface area contributed by atoms with Gasteiger partial charge in [-0.25, -0.2) is 4.79 Å². The highest BCUT2D eigenvalue weighted by Gasteiger charge is 2.15. The number of carbonyl (C=O) groups excluding carboxylic acids is 1. The van der Waals surface area contributed by atoms with Crippen molar-refractivity contribution in [1.29, 1.82) is 0 Å². The summed E-state index contributed by atoms with van der Waals surface area (Å²) in [5.74, 6) is 0.878. The Morgan fingerprint density at radius 1 is 0.737 bits per heavy atom. The van der Waals surface area contributed by atoms with Crippen molar-refractivity contribution in [2.24, 2.45) is 0 Å². The van der Waals surface area contributed by atoms with Crippen LogP contribution in [0.15, 0.2) is 103 Å². The number of hydrogen-bond donors (Lipinski definition) is 1. The van der Waals surface area contributed by atoms with Gasteiger partial charge in [0.25, 0.3) is 0 Å². The molecular formula is C33H34N2O3. The molecule has 0 saturated heterocycles. The first kappa shape index (κ1) is 26.7. The predicted octanol–water partition coefficient (Wildman–Crippen LogP) is 6.80. The van der Waals surface area contributed by atoms with E-state index >= 15 is 0 Å². The molecule has 0 amide bonds. The maximum absolute atomic E-state index is 12.6. The number of allylic oxidation sites excluding steroid dienone is 1. The first-order valence-electron chi connectivity index (χ1n) is 12.8. The van der Waals surface area contributed by atoms with Crippen molar-refractivity contribution >= 4 is 22.8 Å². The average molecular weight is 507 g/mol. The average Bonchev–Trinajstić information content (AvgIpc) is 2.93. The zero-order chi connectivity index (χ0) is 26.9. The number of nitrogen functional groups attached to an aromatic ring is 1. The van der Waals surface area contributed by atoms with E-state index in [4.69, 9.17) is 15.2 Å². The van der Waals surface area contributed by atoms with Gasteiger partial charge in [-0.15, -0.1) is 0 Å². The second-order valence-corrected chi connectivity index (χ2v) is 9.29. The van der Waals surface area contributed by atoms with Crippen LogP contribution in [0.4, 0.5) is 5.69 Å². The molecule has 0 aliphatic heterocycles. The van der Waals surface area contributed by atoms with Crippen LogP contribution in [0.2, 0.25) is 0 Å². The van der Waals surface area contributed by atoms with Crippen LogP contribution in [0.25, 0.3) is 11.1 Å². The fraction of sp³-hybridized carbons (Fsp3) is 0.182. The van der Waals surface area contributed by atoms with Crippen molar-refractivity contribution in [2.75, 3.05) is 33.0 Å². The number of rotatable bonds is 10. The van der Waals surface area contributed by atoms with Gasteiger partial charge in [0.2, 0.25) is 0 Å². The molecule has 2 N–H and O–H groups in total. The third-order valence-corrected chi connectivity index (χ3v) is 6.20. The summed E-state index contributed by atoms with van der Waals surface area (Å²) in [6, 6.07) is 33.1. The molecule has 0 unspecified atom stereocenters. The van der Waals surface area contributed by atoms with Gasteiger partial charge in [-0.2, -0.15) is 0 Å². The normalized spacial score (nSPS) is 11.7. The Kier molecular flexibility index (Phi) is 8.96. The highest BCUT2D eigenvalue weighted by Crippen LogP contribution is 2.35. The summed E-state index contributed by atoms with van der Waals surface area (Å²) >= 11 is 0. The van der Waals surface area contributed by atoms with Gasteiger partial charge in [-0.1, -0.05) is 67.6 Å². The standard InChI is InChI=1S/C33H34N2O3/c1-4-31(24-9-6-5-7-10-24)32(25-13-17-29(18-14-25)37-22-21-35(2)3)26-15-19-30(20-16-26)38-33(36)27-11-8-12-28(34)23-27/h5-20,23H,4,21-22,34H2,1-3H3. The lowest BCUT2D eigenvalue weighted by atomic mass is 9.88. The van der Waals surface area contributed by atoms with Gasteiger partial charge in [-0.3, -0.25) is 0 Å². The van der Waals surface area contributed by atoms with E-state index in [2.05, 4.69) is 48.2 Å². The van der Waals surface area contributed by atoms with Gasteiger partial charge in [0.1, 0.15) is 18.1 Å². The lowest BCUT2D eigenvalue weighted by Gasteiger charge is -2.17. The minimum absolute atomic E-state index is 0.417. The summed E-state index contributed by atoms with van der Waals surface area (Å²) in [5.41, 5.74) is 12.4. The number of nitrogens with zero attached hydrogens (tertiary/aromatic N) is 1. The lowest BCUT2D eigenvalue weighted by molar-refractivity contribution is 0.0735. The van der Waals surface area contributed by atoms with Gasteiger partial charge in [0, 0.05) is 12.2 Å². The third-order valence-electron chi connectivity index (χ3n) is 6.20. The molecule has 0 spiro atoms. The fourth-order valence-corrected chi connectivity index (χ4v) is 4.26. The highest BCUT2D eigenvalue weighted by molar-refractivity contribution is 5.98. The van der Waals surface area contributed by atoms with Crippen LogP contribution >= 0.6 is 0 Å². The molecule has 0 bridgehead atoms. The summed E-state index contributed by atoms with van der Waals surface area (Å²) in [7, 11) is 4.06. The molecule has 38 heavy (non-hydrogen) atoms. The molecule has 0 saturated carbocycles. The van der Waals surface area contributed by atoms with Crippen molar-refractivity contribution in [3.05, 3.63) is 125 Å². The van der Waals surface area contributed by atoms with E-state index in [1.165, 1.54) is 11.1 Å². The molecule has 0 atom stereocenters. The lowest BCUT2D eigenvalue weighted by Crippen LogP contribution is -2.19. The SMILES string of the molecule is CCC(=C(c1ccc(OCCN(C)C)cc1)c1ccc(OC(=O)c2cccc(N)c2)cc1)c1ccccc1. The van der Waals surface area contributed by atoms with E-state index in [1.807, 2.05) is 56.6 Å². The smallest absolute Gasteiger partial charge is 0.343 e. The first-order chi connectivity index (χ1) is 18.4. The molecule has 0 heterocycles. The van der Waals surface area contributed by atoms with Crippen LogP contribution in [-0.2, 0) is 0 Å². The minimum Gasteiger partial charge on any atom is -0.492 e. The summed E-state index contributed by atoms with van der Waals surface area (Å²) < 4.78 is 11.5. The van der Waals surface area contributed by atoms with E-state index in [1.54, 1.807) is 24.3 Å². The Hall–Kier alpha value is -4.35. The Labute approximate surface area is 225 Å². The summed E-state index contributed by atoms with van der Waals surface area (Å²) in [6.07, 6.45) is 0.854. The monoisotopic (exact) mass is 506 g/mol. The number of benzene rings is 4. The largest absolute Gasteiger partial charge is 0.492 e. The summed E-state index contributed by atoms with van der Waals surface area (Å²) in [5, 5.41) is 0. The van der Waals surface area contributed by atoms with E-state index in [-0.39, 0.29) is 0 Å². The Morgan fingerprint density at radius 2 is 1.34 bits per heavy atom.